The SMILES string of the molecule is COCC1(C(=O)O)CCCN(C(=O)c2cc3cc(Br)ccc3o2)C1. The van der Waals surface area contributed by atoms with E-state index in [-0.39, 0.29) is 24.8 Å². The molecule has 0 spiro atoms. The molecule has 1 aromatic carbocycles. The van der Waals surface area contributed by atoms with Gasteiger partial charge in [-0.05, 0) is 37.1 Å². The lowest BCUT2D eigenvalue weighted by atomic mass is 9.80. The number of halogens is 1. The predicted molar refractivity (Wildman–Crippen MR) is 91.0 cm³/mol. The van der Waals surface area contributed by atoms with E-state index in [4.69, 9.17) is 9.15 Å². The monoisotopic (exact) mass is 395 g/mol. The third-order valence-corrected chi connectivity index (χ3v) is 4.92. The Bertz CT molecular complexity index is 782. The zero-order chi connectivity index (χ0) is 17.3. The molecular weight excluding hydrogens is 378 g/mol. The first-order valence-corrected chi connectivity index (χ1v) is 8.45. The first-order chi connectivity index (χ1) is 11.4. The molecule has 1 fully saturated rings. The summed E-state index contributed by atoms with van der Waals surface area (Å²) in [5.74, 6) is -0.999. The van der Waals surface area contributed by atoms with E-state index in [0.717, 1.165) is 9.86 Å². The molecular formula is C17H18BrNO5. The minimum Gasteiger partial charge on any atom is -0.481 e. The number of amides is 1. The van der Waals surface area contributed by atoms with Crippen LogP contribution < -0.4 is 0 Å². The second-order valence-corrected chi connectivity index (χ2v) is 7.06. The number of likely N-dealkylation sites (tertiary alicyclic amines) is 1. The topological polar surface area (TPSA) is 80.0 Å². The Labute approximate surface area is 147 Å². The largest absolute Gasteiger partial charge is 0.481 e. The maximum absolute atomic E-state index is 12.8. The van der Waals surface area contributed by atoms with Crippen molar-refractivity contribution in [3.63, 3.8) is 0 Å². The van der Waals surface area contributed by atoms with Crippen LogP contribution in [0.2, 0.25) is 0 Å². The number of furan rings is 1. The highest BCUT2D eigenvalue weighted by atomic mass is 79.9. The van der Waals surface area contributed by atoms with Crippen LogP contribution in [0.5, 0.6) is 0 Å². The van der Waals surface area contributed by atoms with Crippen LogP contribution in [0.3, 0.4) is 0 Å². The molecule has 1 atom stereocenters. The van der Waals surface area contributed by atoms with E-state index in [1.165, 1.54) is 7.11 Å². The molecule has 6 nitrogen and oxygen atoms in total. The third-order valence-electron chi connectivity index (χ3n) is 4.43. The van der Waals surface area contributed by atoms with Crippen molar-refractivity contribution >= 4 is 38.8 Å². The summed E-state index contributed by atoms with van der Waals surface area (Å²) in [5.41, 5.74) is -0.433. The van der Waals surface area contributed by atoms with Gasteiger partial charge in [0, 0.05) is 30.1 Å². The van der Waals surface area contributed by atoms with E-state index in [1.807, 2.05) is 12.1 Å². The van der Waals surface area contributed by atoms with Crippen molar-refractivity contribution in [3.05, 3.63) is 34.5 Å². The number of fused-ring (bicyclic) bond motifs is 1. The van der Waals surface area contributed by atoms with Crippen molar-refractivity contribution in [3.8, 4) is 0 Å². The van der Waals surface area contributed by atoms with Crippen LogP contribution in [-0.2, 0) is 9.53 Å². The van der Waals surface area contributed by atoms with E-state index in [9.17, 15) is 14.7 Å². The summed E-state index contributed by atoms with van der Waals surface area (Å²) in [6.45, 7) is 0.716. The lowest BCUT2D eigenvalue weighted by Gasteiger charge is -2.39. The van der Waals surface area contributed by atoms with Crippen molar-refractivity contribution < 1.29 is 23.8 Å². The van der Waals surface area contributed by atoms with Crippen LogP contribution in [0.4, 0.5) is 0 Å². The van der Waals surface area contributed by atoms with Gasteiger partial charge in [0.2, 0.25) is 0 Å². The normalized spacial score (nSPS) is 21.2. The molecule has 1 aliphatic rings. The summed E-state index contributed by atoms with van der Waals surface area (Å²) in [4.78, 5) is 26.0. The van der Waals surface area contributed by atoms with Gasteiger partial charge in [-0.2, -0.15) is 0 Å². The minimum absolute atomic E-state index is 0.0825. The Morgan fingerprint density at radius 1 is 1.42 bits per heavy atom. The highest BCUT2D eigenvalue weighted by Gasteiger charge is 2.44. The van der Waals surface area contributed by atoms with Gasteiger partial charge in [0.05, 0.1) is 6.61 Å². The van der Waals surface area contributed by atoms with Crippen LogP contribution in [0, 0.1) is 5.41 Å². The molecule has 0 bridgehead atoms. The number of benzene rings is 1. The molecule has 0 saturated carbocycles. The predicted octanol–water partition coefficient (Wildman–Crippen LogP) is 3.15. The highest BCUT2D eigenvalue weighted by Crippen LogP contribution is 2.32. The number of carbonyl (C=O) groups is 2. The molecule has 1 aromatic heterocycles. The second-order valence-electron chi connectivity index (χ2n) is 6.14. The number of nitrogens with zero attached hydrogens (tertiary/aromatic N) is 1. The summed E-state index contributed by atoms with van der Waals surface area (Å²) in [5, 5.41) is 10.4. The highest BCUT2D eigenvalue weighted by molar-refractivity contribution is 9.10. The van der Waals surface area contributed by atoms with Gasteiger partial charge >= 0.3 is 5.97 Å². The zero-order valence-electron chi connectivity index (χ0n) is 13.3. The summed E-state index contributed by atoms with van der Waals surface area (Å²) in [6, 6.07) is 7.20. The summed E-state index contributed by atoms with van der Waals surface area (Å²) < 4.78 is 11.6. The number of hydrogen-bond acceptors (Lipinski definition) is 4. The van der Waals surface area contributed by atoms with E-state index in [2.05, 4.69) is 15.9 Å². The molecule has 1 amide bonds. The molecule has 1 saturated heterocycles. The smallest absolute Gasteiger partial charge is 0.313 e. The van der Waals surface area contributed by atoms with Crippen LogP contribution in [0.1, 0.15) is 23.4 Å². The maximum atomic E-state index is 12.8. The van der Waals surface area contributed by atoms with Gasteiger partial charge in [0.25, 0.3) is 5.91 Å². The standard InChI is InChI=1S/C17H18BrNO5/c1-23-10-17(16(21)22)5-2-6-19(9-17)15(20)14-8-11-7-12(18)3-4-13(11)24-14/h3-4,7-8H,2,5-6,9-10H2,1H3,(H,21,22). The molecule has 128 valence electrons. The van der Waals surface area contributed by atoms with Crippen molar-refractivity contribution in [1.29, 1.82) is 0 Å². The number of carboxylic acids is 1. The molecule has 1 aliphatic heterocycles. The van der Waals surface area contributed by atoms with Crippen molar-refractivity contribution in [2.24, 2.45) is 5.41 Å². The molecule has 0 radical (unpaired) electrons. The first-order valence-electron chi connectivity index (χ1n) is 7.66. The number of carboxylic acid groups (broad SMARTS) is 1. The number of rotatable bonds is 4. The number of hydrogen-bond donors (Lipinski definition) is 1. The Balaban J connectivity index is 1.86. The first kappa shape index (κ1) is 17.0. The number of methoxy groups -OCH3 is 1. The van der Waals surface area contributed by atoms with Gasteiger partial charge in [-0.3, -0.25) is 9.59 Å². The maximum Gasteiger partial charge on any atom is 0.313 e. The number of ether oxygens (including phenoxy) is 1. The molecule has 2 heterocycles. The van der Waals surface area contributed by atoms with Gasteiger partial charge in [-0.25, -0.2) is 0 Å². The van der Waals surface area contributed by atoms with Crippen LogP contribution in [-0.4, -0.2) is 48.7 Å². The fourth-order valence-electron chi connectivity index (χ4n) is 3.21. The molecule has 2 aromatic rings. The van der Waals surface area contributed by atoms with Crippen molar-refractivity contribution in [1.82, 2.24) is 4.90 Å². The fraction of sp³-hybridized carbons (Fsp3) is 0.412. The van der Waals surface area contributed by atoms with Crippen molar-refractivity contribution in [2.75, 3.05) is 26.8 Å². The Hall–Kier alpha value is -1.86. The Morgan fingerprint density at radius 3 is 2.92 bits per heavy atom. The molecule has 1 N–H and O–H groups in total. The van der Waals surface area contributed by atoms with E-state index < -0.39 is 11.4 Å². The third kappa shape index (κ3) is 3.06. The van der Waals surface area contributed by atoms with E-state index >= 15 is 0 Å². The van der Waals surface area contributed by atoms with Crippen LogP contribution >= 0.6 is 15.9 Å². The average Bonchev–Trinajstić information content (AvgIpc) is 2.97. The van der Waals surface area contributed by atoms with Crippen LogP contribution in [0.15, 0.2) is 33.2 Å². The van der Waals surface area contributed by atoms with E-state index in [0.29, 0.717) is 25.0 Å². The number of carbonyl (C=O) groups excluding carboxylic acids is 1. The average molecular weight is 396 g/mol. The summed E-state index contributed by atoms with van der Waals surface area (Å²) in [7, 11) is 1.47. The van der Waals surface area contributed by atoms with Crippen molar-refractivity contribution in [2.45, 2.75) is 12.8 Å². The number of aliphatic carboxylic acids is 1. The van der Waals surface area contributed by atoms with Crippen LogP contribution in [0.25, 0.3) is 11.0 Å². The lowest BCUT2D eigenvalue weighted by Crippen LogP contribution is -2.52. The van der Waals surface area contributed by atoms with Gasteiger partial charge < -0.3 is 19.2 Å². The minimum atomic E-state index is -1.06. The fourth-order valence-corrected chi connectivity index (χ4v) is 3.59. The number of piperidine rings is 1. The lowest BCUT2D eigenvalue weighted by molar-refractivity contribution is -0.155. The quantitative estimate of drug-likeness (QED) is 0.859. The Kier molecular flexibility index (Phi) is 4.64. The second kappa shape index (κ2) is 6.57. The zero-order valence-corrected chi connectivity index (χ0v) is 14.8. The molecule has 0 aliphatic carbocycles. The van der Waals surface area contributed by atoms with Gasteiger partial charge in [0.1, 0.15) is 11.0 Å². The van der Waals surface area contributed by atoms with Gasteiger partial charge in [0.15, 0.2) is 5.76 Å². The Morgan fingerprint density at radius 2 is 2.21 bits per heavy atom. The van der Waals surface area contributed by atoms with Gasteiger partial charge in [-0.15, -0.1) is 0 Å². The molecule has 1 unspecified atom stereocenters. The molecule has 3 rings (SSSR count). The summed E-state index contributed by atoms with van der Waals surface area (Å²) in [6.07, 6.45) is 1.11. The van der Waals surface area contributed by atoms with Gasteiger partial charge in [-0.1, -0.05) is 15.9 Å². The van der Waals surface area contributed by atoms with E-state index in [1.54, 1.807) is 17.0 Å². The molecule has 7 heteroatoms. The molecule has 24 heavy (non-hydrogen) atoms. The summed E-state index contributed by atoms with van der Waals surface area (Å²) >= 11 is 3.39.